The first-order valence-corrected chi connectivity index (χ1v) is 5.28. The smallest absolute Gasteiger partial charge is 0.239 e. The number of hydrogen-bond donors (Lipinski definition) is 0. The van der Waals surface area contributed by atoms with Crippen LogP contribution in [0.1, 0.15) is 13.8 Å². The number of halogens is 2. The number of sulfone groups is 1. The van der Waals surface area contributed by atoms with Gasteiger partial charge in [0.2, 0.25) is 5.24 Å². The van der Waals surface area contributed by atoms with Crippen LogP contribution in [0.2, 0.25) is 0 Å². The third kappa shape index (κ3) is 2.61. The van der Waals surface area contributed by atoms with Gasteiger partial charge in [-0.2, -0.15) is 0 Å². The molecule has 0 fully saturated rings. The molecular weight excluding hydrogens is 211 g/mol. The van der Waals surface area contributed by atoms with Crippen molar-refractivity contribution in [3.8, 4) is 0 Å². The van der Waals surface area contributed by atoms with Gasteiger partial charge in [0.25, 0.3) is 0 Å². The van der Waals surface area contributed by atoms with Crippen molar-refractivity contribution in [2.24, 2.45) is 0 Å². The zero-order chi connectivity index (χ0) is 9.23. The van der Waals surface area contributed by atoms with E-state index in [-0.39, 0.29) is 0 Å². The predicted octanol–water partition coefficient (Wildman–Crippen LogP) is 1.14. The Labute approximate surface area is 75.6 Å². The van der Waals surface area contributed by atoms with E-state index in [9.17, 15) is 13.2 Å². The molecule has 0 aromatic carbocycles. The SMILES string of the molecule is CC(Cl)S(=O)(=O)C(C)C(=O)Cl. The summed E-state index contributed by atoms with van der Waals surface area (Å²) in [5.74, 6) is 0. The molecule has 0 amide bonds. The maximum atomic E-state index is 11.0. The minimum atomic E-state index is -3.59. The molecule has 0 N–H and O–H groups in total. The van der Waals surface area contributed by atoms with Crippen molar-refractivity contribution < 1.29 is 13.2 Å². The van der Waals surface area contributed by atoms with Gasteiger partial charge in [0, 0.05) is 0 Å². The lowest BCUT2D eigenvalue weighted by Crippen LogP contribution is -2.29. The highest BCUT2D eigenvalue weighted by molar-refractivity contribution is 7.94. The first kappa shape index (κ1) is 11.2. The molecule has 0 aliphatic carbocycles. The fraction of sp³-hybridized carbons (Fsp3) is 0.800. The lowest BCUT2D eigenvalue weighted by Gasteiger charge is -2.09. The minimum Gasteiger partial charge on any atom is -0.280 e. The van der Waals surface area contributed by atoms with Crippen LogP contribution in [0.5, 0.6) is 0 Å². The maximum Gasteiger partial charge on any atom is 0.239 e. The molecule has 11 heavy (non-hydrogen) atoms. The summed E-state index contributed by atoms with van der Waals surface area (Å²) < 4.78 is 21.0. The maximum absolute atomic E-state index is 11.0. The second-order valence-electron chi connectivity index (χ2n) is 2.08. The van der Waals surface area contributed by atoms with E-state index in [1.807, 2.05) is 0 Å². The van der Waals surface area contributed by atoms with Crippen LogP contribution in [-0.2, 0) is 14.6 Å². The Hall–Kier alpha value is 0.200. The van der Waals surface area contributed by atoms with Crippen LogP contribution in [0.4, 0.5) is 0 Å². The Morgan fingerprint density at radius 2 is 1.73 bits per heavy atom. The molecule has 2 unspecified atom stereocenters. The van der Waals surface area contributed by atoms with E-state index >= 15 is 0 Å². The van der Waals surface area contributed by atoms with Gasteiger partial charge in [0.1, 0.15) is 9.96 Å². The van der Waals surface area contributed by atoms with Crippen LogP contribution in [-0.4, -0.2) is 23.6 Å². The van der Waals surface area contributed by atoms with Crippen molar-refractivity contribution in [2.45, 2.75) is 23.8 Å². The standard InChI is InChI=1S/C5H8Cl2O3S/c1-3(5(7)8)11(9,10)4(2)6/h3-4H,1-2H3. The highest BCUT2D eigenvalue weighted by Gasteiger charge is 2.30. The molecule has 0 spiro atoms. The summed E-state index contributed by atoms with van der Waals surface area (Å²) in [6.45, 7) is 2.50. The third-order valence-corrected chi connectivity index (χ3v) is 4.57. The first-order chi connectivity index (χ1) is 4.80. The second-order valence-corrected chi connectivity index (χ2v) is 5.96. The summed E-state index contributed by atoms with van der Waals surface area (Å²) in [7, 11) is -3.59. The molecule has 0 radical (unpaired) electrons. The lowest BCUT2D eigenvalue weighted by atomic mass is 10.5. The van der Waals surface area contributed by atoms with Gasteiger partial charge >= 0.3 is 0 Å². The first-order valence-electron chi connectivity index (χ1n) is 2.86. The van der Waals surface area contributed by atoms with Crippen LogP contribution >= 0.6 is 23.2 Å². The van der Waals surface area contributed by atoms with E-state index < -0.39 is 25.0 Å². The molecule has 0 saturated carbocycles. The van der Waals surface area contributed by atoms with Gasteiger partial charge in [-0.05, 0) is 25.4 Å². The Kier molecular flexibility index (Phi) is 3.80. The van der Waals surface area contributed by atoms with Gasteiger partial charge in [-0.1, -0.05) is 0 Å². The fourth-order valence-electron chi connectivity index (χ4n) is 0.410. The van der Waals surface area contributed by atoms with Crippen molar-refractivity contribution >= 4 is 38.3 Å². The van der Waals surface area contributed by atoms with E-state index in [2.05, 4.69) is 0 Å². The Balaban J connectivity index is 4.72. The third-order valence-electron chi connectivity index (χ3n) is 1.27. The Morgan fingerprint density at radius 3 is 1.82 bits per heavy atom. The summed E-state index contributed by atoms with van der Waals surface area (Å²) in [6.07, 6.45) is 0. The van der Waals surface area contributed by atoms with Crippen LogP contribution in [0, 0.1) is 0 Å². The molecule has 0 rings (SSSR count). The summed E-state index contributed by atoms with van der Waals surface area (Å²) in [5, 5.41) is -2.13. The van der Waals surface area contributed by atoms with Gasteiger partial charge in [-0.15, -0.1) is 11.6 Å². The van der Waals surface area contributed by atoms with E-state index in [0.717, 1.165) is 0 Å². The number of carbonyl (C=O) groups is 1. The highest BCUT2D eigenvalue weighted by Crippen LogP contribution is 2.14. The minimum absolute atomic E-state index is 0.905. The number of rotatable bonds is 3. The van der Waals surface area contributed by atoms with Crippen molar-refractivity contribution in [3.63, 3.8) is 0 Å². The fourth-order valence-corrected chi connectivity index (χ4v) is 2.07. The summed E-state index contributed by atoms with van der Waals surface area (Å²) in [6, 6.07) is 0. The molecule has 6 heteroatoms. The molecule has 0 aromatic heterocycles. The number of carbonyl (C=O) groups excluding carboxylic acids is 1. The topological polar surface area (TPSA) is 51.2 Å². The molecule has 0 saturated heterocycles. The normalized spacial score (nSPS) is 17.5. The van der Waals surface area contributed by atoms with Crippen LogP contribution < -0.4 is 0 Å². The molecule has 0 heterocycles. The van der Waals surface area contributed by atoms with E-state index in [4.69, 9.17) is 23.2 Å². The molecule has 2 atom stereocenters. The molecule has 0 aliphatic rings. The largest absolute Gasteiger partial charge is 0.280 e. The van der Waals surface area contributed by atoms with Gasteiger partial charge < -0.3 is 0 Å². The monoisotopic (exact) mass is 218 g/mol. The molecule has 3 nitrogen and oxygen atoms in total. The quantitative estimate of drug-likeness (QED) is 0.528. The van der Waals surface area contributed by atoms with Crippen molar-refractivity contribution in [3.05, 3.63) is 0 Å². The molecule has 0 aliphatic heterocycles. The van der Waals surface area contributed by atoms with Gasteiger partial charge in [-0.25, -0.2) is 8.42 Å². The van der Waals surface area contributed by atoms with Gasteiger partial charge in [0.05, 0.1) is 0 Å². The lowest BCUT2D eigenvalue weighted by molar-refractivity contribution is -0.111. The van der Waals surface area contributed by atoms with Crippen molar-refractivity contribution in [1.29, 1.82) is 0 Å². The zero-order valence-corrected chi connectivity index (χ0v) is 8.37. The van der Waals surface area contributed by atoms with Crippen LogP contribution in [0.15, 0.2) is 0 Å². The molecule has 0 aromatic rings. The van der Waals surface area contributed by atoms with E-state index in [0.29, 0.717) is 0 Å². The number of alkyl halides is 1. The molecule has 66 valence electrons. The average molecular weight is 219 g/mol. The second kappa shape index (κ2) is 3.74. The summed E-state index contributed by atoms with van der Waals surface area (Å²) >= 11 is 10.3. The van der Waals surface area contributed by atoms with Gasteiger partial charge in [-0.3, -0.25) is 4.79 Å². The number of hydrogen-bond acceptors (Lipinski definition) is 3. The van der Waals surface area contributed by atoms with E-state index in [1.54, 1.807) is 0 Å². The summed E-state index contributed by atoms with van der Waals surface area (Å²) in [5.41, 5.74) is 0. The molecule has 0 bridgehead atoms. The van der Waals surface area contributed by atoms with Gasteiger partial charge in [0.15, 0.2) is 9.84 Å². The Bertz CT molecular complexity index is 244. The summed E-state index contributed by atoms with van der Waals surface area (Å²) in [4.78, 5) is 10.4. The van der Waals surface area contributed by atoms with Crippen LogP contribution in [0.25, 0.3) is 0 Å². The zero-order valence-electron chi connectivity index (χ0n) is 6.04. The highest BCUT2D eigenvalue weighted by atomic mass is 35.5. The van der Waals surface area contributed by atoms with Crippen molar-refractivity contribution in [2.75, 3.05) is 0 Å². The van der Waals surface area contributed by atoms with Crippen LogP contribution in [0.3, 0.4) is 0 Å². The average Bonchev–Trinajstić information content (AvgIpc) is 1.85. The Morgan fingerprint density at radius 1 is 1.36 bits per heavy atom. The van der Waals surface area contributed by atoms with Crippen molar-refractivity contribution in [1.82, 2.24) is 0 Å². The molecular formula is C5H8Cl2O3S. The predicted molar refractivity (Wildman–Crippen MR) is 44.6 cm³/mol. The van der Waals surface area contributed by atoms with E-state index in [1.165, 1.54) is 13.8 Å².